The van der Waals surface area contributed by atoms with Gasteiger partial charge in [-0.1, -0.05) is 0 Å². The monoisotopic (exact) mass is 174 g/mol. The van der Waals surface area contributed by atoms with E-state index >= 15 is 0 Å². The third kappa shape index (κ3) is 2.42. The summed E-state index contributed by atoms with van der Waals surface area (Å²) in [7, 11) is 0. The summed E-state index contributed by atoms with van der Waals surface area (Å²) in [5.41, 5.74) is 5.60. The highest BCUT2D eigenvalue weighted by molar-refractivity contribution is 4.80. The Labute approximate surface area is 73.0 Å². The quantitative estimate of drug-likeness (QED) is 0.499. The van der Waals surface area contributed by atoms with Gasteiger partial charge in [0.05, 0.1) is 13.2 Å². The fraction of sp³-hybridized carbons (Fsp3) is 1.00. The maximum Gasteiger partial charge on any atom is 0.0595 e. The van der Waals surface area contributed by atoms with Crippen LogP contribution >= 0.6 is 0 Å². The second-order valence-corrected chi connectivity index (χ2v) is 3.42. The van der Waals surface area contributed by atoms with Crippen molar-refractivity contribution in [2.45, 2.75) is 24.9 Å². The molecule has 1 aliphatic rings. The first-order valence-corrected chi connectivity index (χ1v) is 4.49. The molecule has 12 heavy (non-hydrogen) atoms. The molecule has 0 radical (unpaired) electrons. The molecule has 0 aromatic carbocycles. The van der Waals surface area contributed by atoms with Gasteiger partial charge in [0.2, 0.25) is 0 Å². The van der Waals surface area contributed by atoms with Gasteiger partial charge < -0.3 is 15.9 Å². The normalized spacial score (nSPS) is 27.8. The predicted molar refractivity (Wildman–Crippen MR) is 46.7 cm³/mol. The van der Waals surface area contributed by atoms with Gasteiger partial charge in [-0.25, -0.2) is 0 Å². The Hall–Kier alpha value is -0.160. The first kappa shape index (κ1) is 9.92. The Morgan fingerprint density at radius 2 is 2.25 bits per heavy atom. The SMILES string of the molecule is NC(CO)CN1CCCC1CO. The molecule has 0 aliphatic carbocycles. The minimum Gasteiger partial charge on any atom is -0.395 e. The predicted octanol–water partition coefficient (Wildman–Crippen LogP) is -1.24. The average molecular weight is 174 g/mol. The molecule has 1 heterocycles. The van der Waals surface area contributed by atoms with Gasteiger partial charge in [-0.15, -0.1) is 0 Å². The van der Waals surface area contributed by atoms with Crippen molar-refractivity contribution in [3.8, 4) is 0 Å². The molecule has 0 spiro atoms. The Bertz CT molecular complexity index is 132. The van der Waals surface area contributed by atoms with E-state index in [9.17, 15) is 0 Å². The summed E-state index contributed by atoms with van der Waals surface area (Å²) < 4.78 is 0. The fourth-order valence-corrected chi connectivity index (χ4v) is 1.70. The molecular formula is C8H18N2O2. The molecule has 0 aromatic rings. The van der Waals surface area contributed by atoms with Crippen LogP contribution in [0, 0.1) is 0 Å². The van der Waals surface area contributed by atoms with Crippen LogP contribution in [0.2, 0.25) is 0 Å². The van der Waals surface area contributed by atoms with E-state index in [-0.39, 0.29) is 25.3 Å². The molecule has 1 aliphatic heterocycles. The fourth-order valence-electron chi connectivity index (χ4n) is 1.70. The van der Waals surface area contributed by atoms with Crippen molar-refractivity contribution in [2.24, 2.45) is 5.73 Å². The largest absolute Gasteiger partial charge is 0.395 e. The van der Waals surface area contributed by atoms with E-state index in [0.717, 1.165) is 19.4 Å². The van der Waals surface area contributed by atoms with Crippen molar-refractivity contribution in [2.75, 3.05) is 26.3 Å². The molecule has 1 saturated heterocycles. The van der Waals surface area contributed by atoms with Crippen molar-refractivity contribution in [3.63, 3.8) is 0 Å². The van der Waals surface area contributed by atoms with Crippen molar-refractivity contribution in [1.82, 2.24) is 4.90 Å². The molecule has 1 rings (SSSR count). The van der Waals surface area contributed by atoms with Gasteiger partial charge >= 0.3 is 0 Å². The summed E-state index contributed by atoms with van der Waals surface area (Å²) in [5, 5.41) is 17.7. The maximum absolute atomic E-state index is 8.98. The number of nitrogens with two attached hydrogens (primary N) is 1. The van der Waals surface area contributed by atoms with Gasteiger partial charge in [0.25, 0.3) is 0 Å². The number of nitrogens with zero attached hydrogens (tertiary/aromatic N) is 1. The highest BCUT2D eigenvalue weighted by Gasteiger charge is 2.24. The lowest BCUT2D eigenvalue weighted by atomic mass is 10.2. The summed E-state index contributed by atoms with van der Waals surface area (Å²) in [6.45, 7) is 1.92. The van der Waals surface area contributed by atoms with Crippen LogP contribution in [-0.4, -0.2) is 53.5 Å². The first-order chi connectivity index (χ1) is 5.77. The van der Waals surface area contributed by atoms with Gasteiger partial charge in [0, 0.05) is 18.6 Å². The van der Waals surface area contributed by atoms with E-state index in [0.29, 0.717) is 6.54 Å². The highest BCUT2D eigenvalue weighted by Crippen LogP contribution is 2.15. The lowest BCUT2D eigenvalue weighted by molar-refractivity contribution is 0.139. The van der Waals surface area contributed by atoms with Gasteiger partial charge in [-0.2, -0.15) is 0 Å². The molecular weight excluding hydrogens is 156 g/mol. The first-order valence-electron chi connectivity index (χ1n) is 4.49. The lowest BCUT2D eigenvalue weighted by Crippen LogP contribution is -2.43. The van der Waals surface area contributed by atoms with Crippen molar-refractivity contribution < 1.29 is 10.2 Å². The molecule has 72 valence electrons. The topological polar surface area (TPSA) is 69.7 Å². The van der Waals surface area contributed by atoms with E-state index in [1.807, 2.05) is 0 Å². The van der Waals surface area contributed by atoms with Gasteiger partial charge in [-0.3, -0.25) is 4.90 Å². The van der Waals surface area contributed by atoms with Crippen molar-refractivity contribution >= 4 is 0 Å². The number of hydrogen-bond donors (Lipinski definition) is 3. The Balaban J connectivity index is 2.30. The van der Waals surface area contributed by atoms with Crippen molar-refractivity contribution in [1.29, 1.82) is 0 Å². The Morgan fingerprint density at radius 3 is 2.83 bits per heavy atom. The third-order valence-corrected chi connectivity index (χ3v) is 2.41. The number of aliphatic hydroxyl groups is 2. The summed E-state index contributed by atoms with van der Waals surface area (Å²) in [5.74, 6) is 0. The summed E-state index contributed by atoms with van der Waals surface area (Å²) in [4.78, 5) is 2.15. The summed E-state index contributed by atoms with van der Waals surface area (Å²) in [6.07, 6.45) is 2.18. The molecule has 0 aromatic heterocycles. The molecule has 4 nitrogen and oxygen atoms in total. The molecule has 4 heteroatoms. The minimum absolute atomic E-state index is 0.0225. The highest BCUT2D eigenvalue weighted by atomic mass is 16.3. The number of likely N-dealkylation sites (tertiary alicyclic amines) is 1. The van der Waals surface area contributed by atoms with Crippen LogP contribution in [-0.2, 0) is 0 Å². The molecule has 0 bridgehead atoms. The van der Waals surface area contributed by atoms with Crippen LogP contribution in [0.1, 0.15) is 12.8 Å². The zero-order valence-electron chi connectivity index (χ0n) is 7.32. The second-order valence-electron chi connectivity index (χ2n) is 3.42. The number of aliphatic hydroxyl groups excluding tert-OH is 2. The van der Waals surface area contributed by atoms with Crippen LogP contribution in [0.4, 0.5) is 0 Å². The van der Waals surface area contributed by atoms with E-state index in [1.165, 1.54) is 0 Å². The zero-order valence-corrected chi connectivity index (χ0v) is 7.32. The molecule has 4 N–H and O–H groups in total. The number of hydrogen-bond acceptors (Lipinski definition) is 4. The van der Waals surface area contributed by atoms with Crippen molar-refractivity contribution in [3.05, 3.63) is 0 Å². The van der Waals surface area contributed by atoms with Crippen LogP contribution in [0.5, 0.6) is 0 Å². The van der Waals surface area contributed by atoms with Gasteiger partial charge in [-0.05, 0) is 19.4 Å². The van der Waals surface area contributed by atoms with Crippen LogP contribution in [0.3, 0.4) is 0 Å². The second kappa shape index (κ2) is 4.77. The Kier molecular flexibility index (Phi) is 3.94. The third-order valence-electron chi connectivity index (χ3n) is 2.41. The smallest absolute Gasteiger partial charge is 0.0595 e. The van der Waals surface area contributed by atoms with Crippen LogP contribution in [0.15, 0.2) is 0 Å². The summed E-state index contributed by atoms with van der Waals surface area (Å²) in [6, 6.07) is 0.0970. The van der Waals surface area contributed by atoms with E-state index in [1.54, 1.807) is 0 Å². The van der Waals surface area contributed by atoms with Crippen LogP contribution < -0.4 is 5.73 Å². The van der Waals surface area contributed by atoms with Crippen LogP contribution in [0.25, 0.3) is 0 Å². The molecule has 2 atom stereocenters. The summed E-state index contributed by atoms with van der Waals surface area (Å²) >= 11 is 0. The number of rotatable bonds is 4. The standard InChI is InChI=1S/C8H18N2O2/c9-7(5-11)4-10-3-1-2-8(10)6-12/h7-8,11-12H,1-6,9H2. The lowest BCUT2D eigenvalue weighted by Gasteiger charge is -2.24. The van der Waals surface area contributed by atoms with Gasteiger partial charge in [0.15, 0.2) is 0 Å². The zero-order chi connectivity index (χ0) is 8.97. The Morgan fingerprint density at radius 1 is 1.50 bits per heavy atom. The minimum atomic E-state index is -0.169. The molecule has 2 unspecified atom stereocenters. The van der Waals surface area contributed by atoms with E-state index in [4.69, 9.17) is 15.9 Å². The molecule has 0 saturated carbocycles. The maximum atomic E-state index is 8.98. The van der Waals surface area contributed by atoms with Gasteiger partial charge in [0.1, 0.15) is 0 Å². The molecule has 0 amide bonds. The van der Waals surface area contributed by atoms with E-state index in [2.05, 4.69) is 4.90 Å². The van der Waals surface area contributed by atoms with E-state index < -0.39 is 0 Å². The average Bonchev–Trinajstić information content (AvgIpc) is 2.51. The molecule has 1 fully saturated rings.